The third-order valence-electron chi connectivity index (χ3n) is 3.00. The first kappa shape index (κ1) is 15.5. The molecule has 0 atom stereocenters. The summed E-state index contributed by atoms with van der Waals surface area (Å²) in [6, 6.07) is 0. The molecule has 0 unspecified atom stereocenters. The average molecular weight is 272 g/mol. The Hall–Kier alpha value is -0.570. The number of nitrogens with zero attached hydrogens (tertiary/aromatic N) is 1. The van der Waals surface area contributed by atoms with Crippen LogP contribution in [0.2, 0.25) is 0 Å². The second-order valence-electron chi connectivity index (χ2n) is 4.86. The molecule has 104 valence electrons. The maximum Gasteiger partial charge on any atom is 0.215 e. The van der Waals surface area contributed by atoms with E-state index >= 15 is 0 Å². The zero-order valence-electron chi connectivity index (χ0n) is 11.2. The van der Waals surface area contributed by atoms with E-state index in [1.807, 2.05) is 0 Å². The molecule has 0 spiro atoms. The first-order valence-electron chi connectivity index (χ1n) is 6.72. The molecule has 1 fully saturated rings. The predicted molar refractivity (Wildman–Crippen MR) is 74.7 cm³/mol. The maximum absolute atomic E-state index is 12.1. The first-order valence-corrected chi connectivity index (χ1v) is 8.33. The minimum atomic E-state index is -3.18. The third-order valence-corrected chi connectivity index (χ3v) is 4.87. The van der Waals surface area contributed by atoms with Crippen molar-refractivity contribution >= 4 is 10.0 Å². The minimum absolute atomic E-state index is 0.193. The van der Waals surface area contributed by atoms with Gasteiger partial charge in [0.25, 0.3) is 0 Å². The van der Waals surface area contributed by atoms with E-state index in [0.29, 0.717) is 18.9 Å². The molecule has 1 rings (SSSR count). The Labute approximate surface area is 111 Å². The Morgan fingerprint density at radius 3 is 2.67 bits per heavy atom. The lowest BCUT2D eigenvalue weighted by Crippen LogP contribution is -2.36. The highest BCUT2D eigenvalue weighted by molar-refractivity contribution is 7.89. The van der Waals surface area contributed by atoms with Crippen molar-refractivity contribution in [1.82, 2.24) is 9.62 Å². The fourth-order valence-electron chi connectivity index (χ4n) is 1.78. The van der Waals surface area contributed by atoms with Gasteiger partial charge in [0, 0.05) is 6.54 Å². The molecule has 1 aliphatic rings. The Morgan fingerprint density at radius 1 is 1.39 bits per heavy atom. The molecule has 0 saturated heterocycles. The highest BCUT2D eigenvalue weighted by Crippen LogP contribution is 2.30. The molecule has 0 radical (unpaired) electrons. The second kappa shape index (κ2) is 7.78. The number of nitrogens with one attached hydrogen (secondary N) is 1. The standard InChI is InChI=1S/C13H24N2O2S/c1-3-8-14-9-5-11-18(16,17)15(10-4-2)12-13-6-7-13/h2,13-14H,3,5-12H2,1H3. The summed E-state index contributed by atoms with van der Waals surface area (Å²) in [5.41, 5.74) is 0. The SMILES string of the molecule is C#CCN(CC1CC1)S(=O)(=O)CCCNCCC. The number of rotatable bonds is 10. The Bertz CT molecular complexity index is 369. The highest BCUT2D eigenvalue weighted by Gasteiger charge is 2.29. The van der Waals surface area contributed by atoms with E-state index in [-0.39, 0.29) is 12.3 Å². The fraction of sp³-hybridized carbons (Fsp3) is 0.846. The summed E-state index contributed by atoms with van der Waals surface area (Å²) >= 11 is 0. The summed E-state index contributed by atoms with van der Waals surface area (Å²) in [6.45, 7) is 4.60. The molecule has 0 aromatic carbocycles. The normalized spacial score (nSPS) is 15.8. The van der Waals surface area contributed by atoms with Gasteiger partial charge in [0.1, 0.15) is 0 Å². The van der Waals surface area contributed by atoms with Crippen molar-refractivity contribution in [3.63, 3.8) is 0 Å². The van der Waals surface area contributed by atoms with Gasteiger partial charge in [0.15, 0.2) is 0 Å². The summed E-state index contributed by atoms with van der Waals surface area (Å²) in [7, 11) is -3.18. The van der Waals surface area contributed by atoms with E-state index in [0.717, 1.165) is 32.4 Å². The van der Waals surface area contributed by atoms with Crippen molar-refractivity contribution in [2.24, 2.45) is 5.92 Å². The van der Waals surface area contributed by atoms with Crippen LogP contribution in [0.25, 0.3) is 0 Å². The molecular formula is C13H24N2O2S. The summed E-state index contributed by atoms with van der Waals surface area (Å²) in [4.78, 5) is 0. The molecule has 1 N–H and O–H groups in total. The Morgan fingerprint density at radius 2 is 2.11 bits per heavy atom. The molecule has 0 bridgehead atoms. The van der Waals surface area contributed by atoms with E-state index in [2.05, 4.69) is 18.2 Å². The lowest BCUT2D eigenvalue weighted by molar-refractivity contribution is 0.428. The van der Waals surface area contributed by atoms with E-state index < -0.39 is 10.0 Å². The zero-order valence-corrected chi connectivity index (χ0v) is 12.0. The van der Waals surface area contributed by atoms with Crippen molar-refractivity contribution in [2.45, 2.75) is 32.6 Å². The van der Waals surface area contributed by atoms with E-state index in [1.165, 1.54) is 4.31 Å². The molecule has 0 aromatic heterocycles. The van der Waals surface area contributed by atoms with Crippen LogP contribution in [0.4, 0.5) is 0 Å². The topological polar surface area (TPSA) is 49.4 Å². The van der Waals surface area contributed by atoms with Crippen LogP contribution in [0, 0.1) is 18.3 Å². The molecule has 0 aromatic rings. The van der Waals surface area contributed by atoms with E-state index in [9.17, 15) is 8.42 Å². The number of sulfonamides is 1. The predicted octanol–water partition coefficient (Wildman–Crippen LogP) is 1.05. The average Bonchev–Trinajstić information content (AvgIpc) is 3.12. The molecule has 0 aliphatic heterocycles. The molecule has 5 heteroatoms. The molecule has 4 nitrogen and oxygen atoms in total. The minimum Gasteiger partial charge on any atom is -0.317 e. The smallest absolute Gasteiger partial charge is 0.215 e. The van der Waals surface area contributed by atoms with Gasteiger partial charge in [-0.3, -0.25) is 0 Å². The van der Waals surface area contributed by atoms with Gasteiger partial charge < -0.3 is 5.32 Å². The van der Waals surface area contributed by atoms with Crippen molar-refractivity contribution in [2.75, 3.05) is 31.9 Å². The van der Waals surface area contributed by atoms with E-state index in [4.69, 9.17) is 6.42 Å². The second-order valence-corrected chi connectivity index (χ2v) is 6.95. The van der Waals surface area contributed by atoms with E-state index in [1.54, 1.807) is 0 Å². The van der Waals surface area contributed by atoms with Crippen LogP contribution in [0.5, 0.6) is 0 Å². The largest absolute Gasteiger partial charge is 0.317 e. The van der Waals surface area contributed by atoms with Crippen LogP contribution < -0.4 is 5.32 Å². The molecule has 1 saturated carbocycles. The van der Waals surface area contributed by atoms with Crippen molar-refractivity contribution in [1.29, 1.82) is 0 Å². The fourth-order valence-corrected chi connectivity index (χ4v) is 3.25. The maximum atomic E-state index is 12.1. The quantitative estimate of drug-likeness (QED) is 0.478. The van der Waals surface area contributed by atoms with Crippen LogP contribution in [-0.2, 0) is 10.0 Å². The molecule has 0 amide bonds. The zero-order chi connectivity index (χ0) is 13.4. The lowest BCUT2D eigenvalue weighted by atomic mass is 10.4. The monoisotopic (exact) mass is 272 g/mol. The van der Waals surface area contributed by atoms with Gasteiger partial charge in [-0.05, 0) is 44.7 Å². The number of hydrogen-bond acceptors (Lipinski definition) is 3. The van der Waals surface area contributed by atoms with Gasteiger partial charge >= 0.3 is 0 Å². The molecule has 0 heterocycles. The van der Waals surface area contributed by atoms with Gasteiger partial charge in [0.2, 0.25) is 10.0 Å². The lowest BCUT2D eigenvalue weighted by Gasteiger charge is -2.19. The summed E-state index contributed by atoms with van der Waals surface area (Å²) in [5, 5.41) is 3.21. The van der Waals surface area contributed by atoms with Gasteiger partial charge in [-0.25, -0.2) is 8.42 Å². The first-order chi connectivity index (χ1) is 8.60. The number of hydrogen-bond donors (Lipinski definition) is 1. The number of terminal acetylenes is 1. The van der Waals surface area contributed by atoms with Crippen LogP contribution in [0.1, 0.15) is 32.6 Å². The molecular weight excluding hydrogens is 248 g/mol. The summed E-state index contributed by atoms with van der Waals surface area (Å²) in [5.74, 6) is 3.18. The van der Waals surface area contributed by atoms with Gasteiger partial charge in [-0.15, -0.1) is 6.42 Å². The summed E-state index contributed by atoms with van der Waals surface area (Å²) in [6.07, 6.45) is 9.23. The van der Waals surface area contributed by atoms with Crippen molar-refractivity contribution < 1.29 is 8.42 Å². The van der Waals surface area contributed by atoms with Gasteiger partial charge in [-0.2, -0.15) is 4.31 Å². The van der Waals surface area contributed by atoms with Gasteiger partial charge in [0.05, 0.1) is 12.3 Å². The summed E-state index contributed by atoms with van der Waals surface area (Å²) < 4.78 is 25.7. The van der Waals surface area contributed by atoms with Crippen LogP contribution in [0.15, 0.2) is 0 Å². The van der Waals surface area contributed by atoms with Crippen molar-refractivity contribution in [3.05, 3.63) is 0 Å². The Kier molecular flexibility index (Phi) is 6.69. The molecule has 1 aliphatic carbocycles. The van der Waals surface area contributed by atoms with Crippen LogP contribution >= 0.6 is 0 Å². The van der Waals surface area contributed by atoms with Crippen LogP contribution in [-0.4, -0.2) is 44.7 Å². The Balaban J connectivity index is 2.35. The molecule has 18 heavy (non-hydrogen) atoms. The van der Waals surface area contributed by atoms with Crippen LogP contribution in [0.3, 0.4) is 0 Å². The van der Waals surface area contributed by atoms with Crippen molar-refractivity contribution in [3.8, 4) is 12.3 Å². The highest BCUT2D eigenvalue weighted by atomic mass is 32.2. The third kappa shape index (κ3) is 5.85. The van der Waals surface area contributed by atoms with Gasteiger partial charge in [-0.1, -0.05) is 12.8 Å².